The molecule has 2 saturated heterocycles. The van der Waals surface area contributed by atoms with E-state index in [4.69, 9.17) is 24.3 Å². The van der Waals surface area contributed by atoms with Gasteiger partial charge in [0.1, 0.15) is 0 Å². The van der Waals surface area contributed by atoms with Crippen molar-refractivity contribution in [1.29, 1.82) is 0 Å². The number of fused-ring (bicyclic) bond motifs is 2. The third-order valence-electron chi connectivity index (χ3n) is 4.98. The number of rotatable bonds is 3. The molecule has 0 amide bonds. The molecule has 0 radical (unpaired) electrons. The van der Waals surface area contributed by atoms with Crippen LogP contribution in [0.15, 0.2) is 34.9 Å². The smallest absolute Gasteiger partial charge is 0.414 e. The fourth-order valence-electron chi connectivity index (χ4n) is 3.53. The lowest BCUT2D eigenvalue weighted by atomic mass is 9.92. The van der Waals surface area contributed by atoms with Crippen molar-refractivity contribution in [2.45, 2.75) is 25.2 Å². The molecule has 0 saturated carbocycles. The lowest BCUT2D eigenvalue weighted by molar-refractivity contribution is -0.159. The first-order valence-electron chi connectivity index (χ1n) is 8.52. The summed E-state index contributed by atoms with van der Waals surface area (Å²) < 4.78 is 5.56. The van der Waals surface area contributed by atoms with Gasteiger partial charge in [0.25, 0.3) is 0 Å². The summed E-state index contributed by atoms with van der Waals surface area (Å²) in [6.07, 6.45) is 1.27. The van der Waals surface area contributed by atoms with Crippen molar-refractivity contribution in [3.05, 3.63) is 47.6 Å². The third-order valence-corrected chi connectivity index (χ3v) is 4.98. The summed E-state index contributed by atoms with van der Waals surface area (Å²) in [5.41, 5.74) is 1.23. The Morgan fingerprint density at radius 2 is 1.88 bits per heavy atom. The van der Waals surface area contributed by atoms with Crippen LogP contribution in [0.1, 0.15) is 42.5 Å². The van der Waals surface area contributed by atoms with Crippen molar-refractivity contribution >= 4 is 11.9 Å². The maximum atomic E-state index is 9.10. The van der Waals surface area contributed by atoms with Gasteiger partial charge in [0, 0.05) is 19.0 Å². The topological polar surface area (TPSA) is 117 Å². The second kappa shape index (κ2) is 7.65. The van der Waals surface area contributed by atoms with Crippen LogP contribution in [0, 0.1) is 5.92 Å². The number of aliphatic carboxylic acids is 2. The molecule has 4 unspecified atom stereocenters. The Kier molecular flexibility index (Phi) is 5.32. The van der Waals surface area contributed by atoms with Crippen molar-refractivity contribution < 1.29 is 24.3 Å². The minimum absolute atomic E-state index is 0.188. The molecule has 2 aliphatic rings. The minimum atomic E-state index is -1.82. The van der Waals surface area contributed by atoms with Gasteiger partial charge in [-0.15, -0.1) is 0 Å². The van der Waals surface area contributed by atoms with Crippen molar-refractivity contribution in [2.75, 3.05) is 19.6 Å². The zero-order valence-corrected chi connectivity index (χ0v) is 14.4. The fraction of sp³-hybridized carbons (Fsp3) is 0.444. The molecule has 2 aromatic rings. The molecule has 2 bridgehead atoms. The van der Waals surface area contributed by atoms with Crippen LogP contribution in [0.5, 0.6) is 0 Å². The van der Waals surface area contributed by atoms with Crippen molar-refractivity contribution in [3.8, 4) is 0 Å². The normalized spacial score (nSPS) is 24.6. The molecule has 2 N–H and O–H groups in total. The van der Waals surface area contributed by atoms with E-state index < -0.39 is 11.9 Å². The Bertz CT molecular complexity index is 764. The van der Waals surface area contributed by atoms with E-state index in [0.29, 0.717) is 5.92 Å². The molecule has 1 aromatic carbocycles. The largest absolute Gasteiger partial charge is 0.473 e. The molecule has 4 rings (SSSR count). The van der Waals surface area contributed by atoms with Gasteiger partial charge in [0.15, 0.2) is 5.82 Å². The van der Waals surface area contributed by atoms with Crippen LogP contribution in [0.2, 0.25) is 0 Å². The van der Waals surface area contributed by atoms with Crippen LogP contribution in [0.3, 0.4) is 0 Å². The molecular weight excluding hydrogens is 338 g/mol. The molecule has 26 heavy (non-hydrogen) atoms. The number of carboxylic acids is 2. The molecule has 8 nitrogen and oxygen atoms in total. The average Bonchev–Trinajstić information content (AvgIpc) is 3.38. The first kappa shape index (κ1) is 18.1. The Labute approximate surface area is 150 Å². The van der Waals surface area contributed by atoms with Crippen molar-refractivity contribution in [1.82, 2.24) is 15.0 Å². The highest BCUT2D eigenvalue weighted by atomic mass is 16.5. The van der Waals surface area contributed by atoms with Crippen LogP contribution in [-0.2, 0) is 9.59 Å². The summed E-state index contributed by atoms with van der Waals surface area (Å²) >= 11 is 0. The van der Waals surface area contributed by atoms with Gasteiger partial charge in [-0.25, -0.2) is 9.59 Å². The standard InChI is InChI=1S/C16H19N3O.C2H2O4/c1-11(12-5-3-2-4-6-12)15-17-16(20-18-15)14-10-19-8-7-13(14)9-19;3-1(4)2(5)6/h2-6,11,13-14H,7-10H2,1H3;(H,3,4)(H,5,6). The van der Waals surface area contributed by atoms with E-state index in [9.17, 15) is 0 Å². The zero-order chi connectivity index (χ0) is 18.7. The molecule has 2 aliphatic heterocycles. The molecule has 0 aliphatic carbocycles. The molecule has 0 spiro atoms. The van der Waals surface area contributed by atoms with Gasteiger partial charge in [-0.3, -0.25) is 0 Å². The second-order valence-corrected chi connectivity index (χ2v) is 6.65. The first-order valence-corrected chi connectivity index (χ1v) is 8.52. The molecule has 3 heterocycles. The average molecular weight is 359 g/mol. The van der Waals surface area contributed by atoms with Crippen LogP contribution >= 0.6 is 0 Å². The van der Waals surface area contributed by atoms with E-state index in [0.717, 1.165) is 24.2 Å². The highest BCUT2D eigenvalue weighted by molar-refractivity contribution is 6.27. The number of piperidine rings is 1. The monoisotopic (exact) mass is 359 g/mol. The number of nitrogens with zero attached hydrogens (tertiary/aromatic N) is 3. The minimum Gasteiger partial charge on any atom is -0.473 e. The third kappa shape index (κ3) is 3.91. The fourth-order valence-corrected chi connectivity index (χ4v) is 3.53. The summed E-state index contributed by atoms with van der Waals surface area (Å²) in [7, 11) is 0. The predicted octanol–water partition coefficient (Wildman–Crippen LogP) is 1.80. The van der Waals surface area contributed by atoms with Gasteiger partial charge in [0.05, 0.1) is 5.92 Å². The number of hydrogen-bond acceptors (Lipinski definition) is 6. The zero-order valence-electron chi connectivity index (χ0n) is 14.4. The molecular formula is C18H21N3O5. The van der Waals surface area contributed by atoms with Gasteiger partial charge >= 0.3 is 11.9 Å². The first-order chi connectivity index (χ1) is 12.5. The van der Waals surface area contributed by atoms with Gasteiger partial charge in [0.2, 0.25) is 5.89 Å². The maximum absolute atomic E-state index is 9.10. The van der Waals surface area contributed by atoms with Crippen LogP contribution in [-0.4, -0.2) is 56.8 Å². The summed E-state index contributed by atoms with van der Waals surface area (Å²) in [6, 6.07) is 10.4. The highest BCUT2D eigenvalue weighted by Gasteiger charge is 2.41. The molecule has 4 atom stereocenters. The van der Waals surface area contributed by atoms with E-state index >= 15 is 0 Å². The van der Waals surface area contributed by atoms with Gasteiger partial charge in [-0.1, -0.05) is 42.4 Å². The SMILES string of the molecule is CC(c1ccccc1)c1noc(C2CN3CCC2C3)n1.O=C(O)C(=O)O. The lowest BCUT2D eigenvalue weighted by Gasteiger charge is -2.18. The summed E-state index contributed by atoms with van der Waals surface area (Å²) in [5, 5.41) is 19.0. The van der Waals surface area contributed by atoms with Gasteiger partial charge < -0.3 is 19.6 Å². The van der Waals surface area contributed by atoms with Gasteiger partial charge in [-0.05, 0) is 24.4 Å². The van der Waals surface area contributed by atoms with E-state index in [1.165, 1.54) is 25.1 Å². The van der Waals surface area contributed by atoms with Crippen LogP contribution in [0.4, 0.5) is 0 Å². The Balaban J connectivity index is 0.000000286. The van der Waals surface area contributed by atoms with Gasteiger partial charge in [-0.2, -0.15) is 4.98 Å². The van der Waals surface area contributed by atoms with E-state index in [1.54, 1.807) is 0 Å². The molecule has 2 fully saturated rings. The van der Waals surface area contributed by atoms with Crippen LogP contribution < -0.4 is 0 Å². The number of benzene rings is 1. The summed E-state index contributed by atoms with van der Waals surface area (Å²) in [5.74, 6) is -0.639. The quantitative estimate of drug-likeness (QED) is 0.797. The molecule has 8 heteroatoms. The predicted molar refractivity (Wildman–Crippen MR) is 90.8 cm³/mol. The van der Waals surface area contributed by atoms with Crippen LogP contribution in [0.25, 0.3) is 0 Å². The molecule has 1 aromatic heterocycles. The maximum Gasteiger partial charge on any atom is 0.414 e. The number of carboxylic acid groups (broad SMARTS) is 2. The molecule has 138 valence electrons. The highest BCUT2D eigenvalue weighted by Crippen LogP contribution is 2.39. The van der Waals surface area contributed by atoms with E-state index in [1.807, 2.05) is 6.07 Å². The number of aromatic nitrogens is 2. The lowest BCUT2D eigenvalue weighted by Crippen LogP contribution is -2.22. The Morgan fingerprint density at radius 1 is 1.19 bits per heavy atom. The van der Waals surface area contributed by atoms with Crippen molar-refractivity contribution in [3.63, 3.8) is 0 Å². The Morgan fingerprint density at radius 3 is 2.42 bits per heavy atom. The second-order valence-electron chi connectivity index (χ2n) is 6.65. The summed E-state index contributed by atoms with van der Waals surface area (Å²) in [6.45, 7) is 5.67. The van der Waals surface area contributed by atoms with E-state index in [2.05, 4.69) is 46.2 Å². The van der Waals surface area contributed by atoms with Crippen molar-refractivity contribution in [2.24, 2.45) is 5.92 Å². The number of hydrogen-bond donors (Lipinski definition) is 2. The summed E-state index contributed by atoms with van der Waals surface area (Å²) in [4.78, 5) is 25.4. The van der Waals surface area contributed by atoms with E-state index in [-0.39, 0.29) is 5.92 Å². The number of carbonyl (C=O) groups is 2. The Hall–Kier alpha value is -2.74.